The van der Waals surface area contributed by atoms with Crippen LogP contribution in [0, 0.1) is 5.82 Å². The number of nitrogens with zero attached hydrogens (tertiary/aromatic N) is 4. The minimum atomic E-state index is -4.58. The lowest BCUT2D eigenvalue weighted by atomic mass is 10.0. The van der Waals surface area contributed by atoms with Gasteiger partial charge >= 0.3 is 18.3 Å². The molecule has 0 spiro atoms. The van der Waals surface area contributed by atoms with E-state index in [4.69, 9.17) is 4.74 Å². The van der Waals surface area contributed by atoms with Crippen molar-refractivity contribution in [1.82, 2.24) is 30.5 Å². The van der Waals surface area contributed by atoms with Gasteiger partial charge in [-0.3, -0.25) is 9.59 Å². The molecule has 0 saturated carbocycles. The number of alkyl carbamates (subject to hydrolysis) is 1. The Morgan fingerprint density at radius 3 is 2.51 bits per heavy atom. The number of piperazine rings is 1. The Morgan fingerprint density at radius 1 is 1.09 bits per heavy atom. The van der Waals surface area contributed by atoms with Gasteiger partial charge in [0.2, 0.25) is 11.8 Å². The fourth-order valence-electron chi connectivity index (χ4n) is 5.32. The monoisotopic (exact) mass is 634 g/mol. The lowest BCUT2D eigenvalue weighted by Crippen LogP contribution is -2.75. The van der Waals surface area contributed by atoms with Crippen LogP contribution in [0.15, 0.2) is 61.2 Å². The number of fused-ring (bicyclic) bond motifs is 1. The molecular weight excluding hydrogens is 600 g/mol. The number of amides is 5. The van der Waals surface area contributed by atoms with Crippen LogP contribution < -0.4 is 10.6 Å². The maximum absolute atomic E-state index is 13.8. The van der Waals surface area contributed by atoms with E-state index in [9.17, 15) is 36.7 Å². The molecule has 0 bridgehead atoms. The van der Waals surface area contributed by atoms with Gasteiger partial charge in [-0.2, -0.15) is 13.2 Å². The smallest absolute Gasteiger partial charge is 0.416 e. The summed E-state index contributed by atoms with van der Waals surface area (Å²) in [7, 11) is 1.54. The second-order valence-electron chi connectivity index (χ2n) is 10.6. The summed E-state index contributed by atoms with van der Waals surface area (Å²) < 4.78 is 58.4. The van der Waals surface area contributed by atoms with Crippen molar-refractivity contribution in [3.8, 4) is 0 Å². The van der Waals surface area contributed by atoms with Crippen LogP contribution in [0.3, 0.4) is 0 Å². The van der Waals surface area contributed by atoms with Crippen LogP contribution in [0.25, 0.3) is 0 Å². The Balaban J connectivity index is 1.57. The average molecular weight is 635 g/mol. The minimum Gasteiger partial charge on any atom is -0.445 e. The molecule has 11 nitrogen and oxygen atoms in total. The summed E-state index contributed by atoms with van der Waals surface area (Å²) in [5.41, 5.74) is -0.0226. The molecule has 4 rings (SSSR count). The maximum atomic E-state index is 13.8. The van der Waals surface area contributed by atoms with E-state index in [0.29, 0.717) is 5.56 Å². The molecule has 2 aromatic carbocycles. The molecule has 5 amide bonds. The molecule has 2 N–H and O–H groups in total. The summed E-state index contributed by atoms with van der Waals surface area (Å²) in [6.45, 7) is 3.05. The largest absolute Gasteiger partial charge is 0.445 e. The molecular formula is C30H34F4N6O5. The zero-order chi connectivity index (χ0) is 32.7. The molecule has 0 aromatic heterocycles. The molecule has 2 atom stereocenters. The number of carbonyl (C=O) groups excluding carboxylic acids is 4. The Kier molecular flexibility index (Phi) is 10.6. The number of hydrazine groups is 1. The number of halogens is 4. The van der Waals surface area contributed by atoms with Gasteiger partial charge in [-0.05, 0) is 48.2 Å². The molecule has 2 saturated heterocycles. The van der Waals surface area contributed by atoms with E-state index < -0.39 is 53.7 Å². The third-order valence-electron chi connectivity index (χ3n) is 7.39. The quantitative estimate of drug-likeness (QED) is 0.235. The van der Waals surface area contributed by atoms with Crippen LogP contribution in [0.1, 0.15) is 29.5 Å². The van der Waals surface area contributed by atoms with E-state index in [0.717, 1.165) is 12.1 Å². The molecule has 15 heteroatoms. The van der Waals surface area contributed by atoms with Crippen LogP contribution in [-0.2, 0) is 33.6 Å². The average Bonchev–Trinajstić information content (AvgIpc) is 2.99. The highest BCUT2D eigenvalue weighted by Crippen LogP contribution is 2.32. The summed E-state index contributed by atoms with van der Waals surface area (Å²) in [5.74, 6) is -1.35. The maximum Gasteiger partial charge on any atom is 0.416 e. The minimum absolute atomic E-state index is 0.00792. The van der Waals surface area contributed by atoms with E-state index in [1.807, 2.05) is 0 Å². The highest BCUT2D eigenvalue weighted by atomic mass is 19.4. The van der Waals surface area contributed by atoms with Crippen molar-refractivity contribution in [2.75, 3.05) is 33.3 Å². The zero-order valence-corrected chi connectivity index (χ0v) is 24.6. The van der Waals surface area contributed by atoms with Gasteiger partial charge in [-0.15, -0.1) is 0 Å². The first kappa shape index (κ1) is 33.2. The highest BCUT2D eigenvalue weighted by molar-refractivity contribution is 5.91. The lowest BCUT2D eigenvalue weighted by Gasteiger charge is -2.54. The lowest BCUT2D eigenvalue weighted by molar-refractivity contribution is -0.188. The van der Waals surface area contributed by atoms with Crippen molar-refractivity contribution in [1.29, 1.82) is 0 Å². The van der Waals surface area contributed by atoms with Crippen LogP contribution in [0.5, 0.6) is 0 Å². The van der Waals surface area contributed by atoms with Crippen molar-refractivity contribution in [3.63, 3.8) is 0 Å². The number of urea groups is 1. The number of rotatable bonds is 10. The number of alkyl halides is 3. The molecule has 2 fully saturated rings. The molecule has 45 heavy (non-hydrogen) atoms. The van der Waals surface area contributed by atoms with Gasteiger partial charge in [-0.1, -0.05) is 36.9 Å². The van der Waals surface area contributed by atoms with E-state index in [1.165, 1.54) is 69.3 Å². The molecule has 2 heterocycles. The van der Waals surface area contributed by atoms with Crippen molar-refractivity contribution < 1.29 is 41.5 Å². The van der Waals surface area contributed by atoms with Gasteiger partial charge in [-0.25, -0.2) is 24.0 Å². The molecule has 2 aliphatic heterocycles. The Hall–Kier alpha value is -4.66. The number of carbonyl (C=O) groups is 4. The van der Waals surface area contributed by atoms with Crippen LogP contribution in [0.2, 0.25) is 0 Å². The summed E-state index contributed by atoms with van der Waals surface area (Å²) >= 11 is 0. The van der Waals surface area contributed by atoms with E-state index in [-0.39, 0.29) is 57.7 Å². The molecule has 2 aliphatic rings. The zero-order valence-electron chi connectivity index (χ0n) is 24.6. The predicted octanol–water partition coefficient (Wildman–Crippen LogP) is 3.47. The fraction of sp³-hybridized carbons (Fsp3) is 0.400. The second-order valence-corrected chi connectivity index (χ2v) is 10.6. The summed E-state index contributed by atoms with van der Waals surface area (Å²) in [6, 6.07) is 8.49. The van der Waals surface area contributed by atoms with Crippen molar-refractivity contribution in [2.24, 2.45) is 0 Å². The number of benzene rings is 2. The second kappa shape index (κ2) is 14.4. The van der Waals surface area contributed by atoms with Crippen LogP contribution >= 0.6 is 0 Å². The molecule has 2 aromatic rings. The number of ether oxygens (including phenoxy) is 1. The van der Waals surface area contributed by atoms with Gasteiger partial charge < -0.3 is 25.2 Å². The Labute approximate surface area is 257 Å². The van der Waals surface area contributed by atoms with Gasteiger partial charge in [0.25, 0.3) is 0 Å². The fourth-order valence-corrected chi connectivity index (χ4v) is 5.32. The number of hydrogen-bond donors (Lipinski definition) is 2. The predicted molar refractivity (Wildman–Crippen MR) is 153 cm³/mol. The Morgan fingerprint density at radius 2 is 1.82 bits per heavy atom. The van der Waals surface area contributed by atoms with Gasteiger partial charge in [0.15, 0.2) is 0 Å². The highest BCUT2D eigenvalue weighted by Gasteiger charge is 2.50. The van der Waals surface area contributed by atoms with Crippen molar-refractivity contribution in [2.45, 2.75) is 44.3 Å². The number of likely N-dealkylation sites (N-methyl/N-ethyl adjacent to an activating group) is 1. The van der Waals surface area contributed by atoms with Crippen molar-refractivity contribution >= 4 is 23.9 Å². The van der Waals surface area contributed by atoms with Gasteiger partial charge in [0.05, 0.1) is 18.7 Å². The molecule has 0 unspecified atom stereocenters. The molecule has 242 valence electrons. The third kappa shape index (κ3) is 8.29. The van der Waals surface area contributed by atoms with Gasteiger partial charge in [0, 0.05) is 26.7 Å². The normalized spacial score (nSPS) is 18.8. The Bertz CT molecular complexity index is 1410. The first-order valence-electron chi connectivity index (χ1n) is 14.2. The molecule has 0 aliphatic carbocycles. The molecule has 0 radical (unpaired) electrons. The SMILES string of the molecule is C=CCOC(=O)NCCC[C@H]1C(=O)N(Cc2cccc(C(F)(F)F)c2)C[C@H]2N1C(=O)CN(C)N2C(=O)NCc1ccc(F)cc1. The van der Waals surface area contributed by atoms with E-state index >= 15 is 0 Å². The van der Waals surface area contributed by atoms with Crippen LogP contribution in [0.4, 0.5) is 27.2 Å². The summed E-state index contributed by atoms with van der Waals surface area (Å²) in [4.78, 5) is 55.1. The topological polar surface area (TPSA) is 115 Å². The number of hydrogen-bond acceptors (Lipinski definition) is 6. The standard InChI is InChI=1S/C30H34F4N6O5/c1-3-14-45-29(44)35-13-5-8-24-27(42)38(17-21-6-4-7-22(15-21)30(32,33)34)18-25-39(24)26(41)19-37(2)40(25)28(43)36-16-20-9-11-23(31)12-10-20/h3-4,6-7,9-12,15,24-25H,1,5,8,13-14,16-19H2,2H3,(H,35,44)(H,36,43)/t24-,25-/m0/s1. The first-order chi connectivity index (χ1) is 21.4. The summed E-state index contributed by atoms with van der Waals surface area (Å²) in [6.07, 6.45) is -4.51. The van der Waals surface area contributed by atoms with Gasteiger partial charge in [0.1, 0.15) is 24.6 Å². The van der Waals surface area contributed by atoms with E-state index in [1.54, 1.807) is 0 Å². The third-order valence-corrected chi connectivity index (χ3v) is 7.39. The van der Waals surface area contributed by atoms with Crippen LogP contribution in [-0.4, -0.2) is 89.3 Å². The van der Waals surface area contributed by atoms with E-state index in [2.05, 4.69) is 17.2 Å². The number of nitrogens with one attached hydrogen (secondary N) is 2. The summed E-state index contributed by atoms with van der Waals surface area (Å²) in [5, 5.41) is 8.01. The van der Waals surface area contributed by atoms with Crippen molar-refractivity contribution in [3.05, 3.63) is 83.7 Å². The first-order valence-corrected chi connectivity index (χ1v) is 14.2.